The third-order valence-electron chi connectivity index (χ3n) is 3.59. The molecule has 2 aromatic carbocycles. The van der Waals surface area contributed by atoms with Crippen LogP contribution in [0.2, 0.25) is 0 Å². The first kappa shape index (κ1) is 12.8. The number of fused-ring (bicyclic) bond motifs is 1. The molecule has 1 heterocycles. The molecule has 0 radical (unpaired) electrons. The summed E-state index contributed by atoms with van der Waals surface area (Å²) < 4.78 is 26.2. The molecule has 4 heteroatoms. The van der Waals surface area contributed by atoms with E-state index in [2.05, 4.69) is 0 Å². The molecule has 1 aliphatic heterocycles. The van der Waals surface area contributed by atoms with Crippen LogP contribution in [0.1, 0.15) is 22.8 Å². The Morgan fingerprint density at radius 2 is 1.90 bits per heavy atom. The van der Waals surface area contributed by atoms with E-state index in [0.717, 1.165) is 29.8 Å². The minimum atomic E-state index is -1.00. The number of carbonyl (C=O) groups is 1. The fourth-order valence-corrected chi connectivity index (χ4v) is 2.64. The number of amides is 1. The number of rotatable bonds is 1. The normalized spacial score (nSPS) is 17.1. The van der Waals surface area contributed by atoms with Crippen molar-refractivity contribution in [2.75, 3.05) is 4.90 Å². The maximum atomic E-state index is 13.3. The Bertz CT molecular complexity index is 684. The van der Waals surface area contributed by atoms with Gasteiger partial charge in [0.2, 0.25) is 0 Å². The van der Waals surface area contributed by atoms with Crippen molar-refractivity contribution >= 4 is 11.6 Å². The first-order valence-electron chi connectivity index (χ1n) is 6.44. The highest BCUT2D eigenvalue weighted by Crippen LogP contribution is 2.33. The summed E-state index contributed by atoms with van der Waals surface area (Å²) >= 11 is 0. The summed E-state index contributed by atoms with van der Waals surface area (Å²) in [5.41, 5.74) is 2.10. The van der Waals surface area contributed by atoms with Gasteiger partial charge in [-0.25, -0.2) is 8.78 Å². The zero-order valence-electron chi connectivity index (χ0n) is 10.9. The van der Waals surface area contributed by atoms with E-state index in [1.54, 1.807) is 4.90 Å². The van der Waals surface area contributed by atoms with Crippen LogP contribution in [-0.4, -0.2) is 11.9 Å². The predicted octanol–water partition coefficient (Wildman–Crippen LogP) is 3.56. The van der Waals surface area contributed by atoms with Crippen molar-refractivity contribution < 1.29 is 13.6 Å². The van der Waals surface area contributed by atoms with Crippen LogP contribution in [0.3, 0.4) is 0 Å². The third-order valence-corrected chi connectivity index (χ3v) is 3.59. The van der Waals surface area contributed by atoms with Crippen LogP contribution in [-0.2, 0) is 6.42 Å². The van der Waals surface area contributed by atoms with Crippen molar-refractivity contribution in [3.8, 4) is 0 Å². The predicted molar refractivity (Wildman–Crippen MR) is 72.8 cm³/mol. The third kappa shape index (κ3) is 1.97. The summed E-state index contributed by atoms with van der Waals surface area (Å²) in [4.78, 5) is 14.2. The van der Waals surface area contributed by atoms with E-state index < -0.39 is 11.6 Å². The van der Waals surface area contributed by atoms with Crippen LogP contribution in [0.5, 0.6) is 0 Å². The van der Waals surface area contributed by atoms with Crippen molar-refractivity contribution in [3.63, 3.8) is 0 Å². The molecule has 3 rings (SSSR count). The highest BCUT2D eigenvalue weighted by Gasteiger charge is 2.31. The van der Waals surface area contributed by atoms with E-state index in [9.17, 15) is 13.6 Å². The second-order valence-electron chi connectivity index (χ2n) is 4.99. The number of benzene rings is 2. The molecule has 0 aliphatic carbocycles. The standard InChI is InChI=1S/C16H13F2NO/c1-10-8-11-4-2-3-5-15(11)19(10)16(20)12-6-7-13(17)14(18)9-12/h2-7,9-10H,8H2,1H3/t10-/m1/s1. The Labute approximate surface area is 115 Å². The molecule has 20 heavy (non-hydrogen) atoms. The maximum absolute atomic E-state index is 13.3. The number of nitrogens with zero attached hydrogens (tertiary/aromatic N) is 1. The van der Waals surface area contributed by atoms with Crippen molar-refractivity contribution in [1.82, 2.24) is 0 Å². The number of halogens is 2. The summed E-state index contributed by atoms with van der Waals surface area (Å²) in [6.45, 7) is 1.94. The number of carbonyl (C=O) groups excluding carboxylic acids is 1. The van der Waals surface area contributed by atoms with E-state index in [4.69, 9.17) is 0 Å². The van der Waals surface area contributed by atoms with Gasteiger partial charge in [0.05, 0.1) is 0 Å². The highest BCUT2D eigenvalue weighted by atomic mass is 19.2. The molecule has 0 saturated carbocycles. The second kappa shape index (κ2) is 4.71. The fourth-order valence-electron chi connectivity index (χ4n) is 2.64. The van der Waals surface area contributed by atoms with E-state index in [1.807, 2.05) is 31.2 Å². The first-order chi connectivity index (χ1) is 9.58. The zero-order chi connectivity index (χ0) is 14.3. The van der Waals surface area contributed by atoms with Crippen LogP contribution in [0.25, 0.3) is 0 Å². The Morgan fingerprint density at radius 1 is 1.15 bits per heavy atom. The van der Waals surface area contributed by atoms with Crippen molar-refractivity contribution in [1.29, 1.82) is 0 Å². The average Bonchev–Trinajstić information content (AvgIpc) is 2.77. The van der Waals surface area contributed by atoms with Gasteiger partial charge in [0, 0.05) is 17.3 Å². The quantitative estimate of drug-likeness (QED) is 0.778. The molecule has 0 unspecified atom stereocenters. The molecule has 1 amide bonds. The lowest BCUT2D eigenvalue weighted by atomic mass is 10.1. The monoisotopic (exact) mass is 273 g/mol. The van der Waals surface area contributed by atoms with Crippen molar-refractivity contribution in [2.45, 2.75) is 19.4 Å². The van der Waals surface area contributed by atoms with Crippen molar-refractivity contribution in [2.24, 2.45) is 0 Å². The van der Waals surface area contributed by atoms with Gasteiger partial charge in [-0.2, -0.15) is 0 Å². The van der Waals surface area contributed by atoms with Crippen LogP contribution < -0.4 is 4.90 Å². The van der Waals surface area contributed by atoms with Crippen LogP contribution in [0.4, 0.5) is 14.5 Å². The Morgan fingerprint density at radius 3 is 2.65 bits per heavy atom. The smallest absolute Gasteiger partial charge is 0.258 e. The van der Waals surface area contributed by atoms with Gasteiger partial charge >= 0.3 is 0 Å². The largest absolute Gasteiger partial charge is 0.305 e. The fraction of sp³-hybridized carbons (Fsp3) is 0.188. The van der Waals surface area contributed by atoms with Gasteiger partial charge in [-0.1, -0.05) is 18.2 Å². The Hall–Kier alpha value is -2.23. The lowest BCUT2D eigenvalue weighted by molar-refractivity contribution is 0.0981. The zero-order valence-corrected chi connectivity index (χ0v) is 10.9. The summed E-state index contributed by atoms with van der Waals surface area (Å²) in [5.74, 6) is -2.26. The van der Waals surface area contributed by atoms with Gasteiger partial charge in [0.25, 0.3) is 5.91 Å². The molecule has 0 aromatic heterocycles. The molecule has 2 nitrogen and oxygen atoms in total. The summed E-state index contributed by atoms with van der Waals surface area (Å²) in [7, 11) is 0. The van der Waals surface area contributed by atoms with Gasteiger partial charge in [-0.15, -0.1) is 0 Å². The Balaban J connectivity index is 2.00. The minimum Gasteiger partial charge on any atom is -0.305 e. The van der Waals surface area contributed by atoms with Gasteiger partial charge in [0.15, 0.2) is 11.6 Å². The lowest BCUT2D eigenvalue weighted by Crippen LogP contribution is -2.35. The van der Waals surface area contributed by atoms with E-state index in [-0.39, 0.29) is 17.5 Å². The SMILES string of the molecule is C[C@@H]1Cc2ccccc2N1C(=O)c1ccc(F)c(F)c1. The van der Waals surface area contributed by atoms with Gasteiger partial charge in [-0.3, -0.25) is 4.79 Å². The van der Waals surface area contributed by atoms with Crippen LogP contribution in [0.15, 0.2) is 42.5 Å². The molecule has 2 aromatic rings. The lowest BCUT2D eigenvalue weighted by Gasteiger charge is -2.22. The summed E-state index contributed by atoms with van der Waals surface area (Å²) in [6, 6.07) is 10.9. The van der Waals surface area contributed by atoms with E-state index in [1.165, 1.54) is 6.07 Å². The number of hydrogen-bond acceptors (Lipinski definition) is 1. The molecular formula is C16H13F2NO. The molecule has 1 atom stereocenters. The van der Waals surface area contributed by atoms with Gasteiger partial charge < -0.3 is 4.90 Å². The highest BCUT2D eigenvalue weighted by molar-refractivity contribution is 6.07. The van der Waals surface area contributed by atoms with Gasteiger partial charge in [0.1, 0.15) is 0 Å². The summed E-state index contributed by atoms with van der Waals surface area (Å²) in [5, 5.41) is 0. The first-order valence-corrected chi connectivity index (χ1v) is 6.44. The number of anilines is 1. The molecule has 102 valence electrons. The topological polar surface area (TPSA) is 20.3 Å². The van der Waals surface area contributed by atoms with Gasteiger partial charge in [-0.05, 0) is 43.2 Å². The minimum absolute atomic E-state index is 0.00742. The summed E-state index contributed by atoms with van der Waals surface area (Å²) in [6.07, 6.45) is 0.769. The van der Waals surface area contributed by atoms with E-state index >= 15 is 0 Å². The van der Waals surface area contributed by atoms with Crippen molar-refractivity contribution in [3.05, 3.63) is 65.2 Å². The molecule has 0 bridgehead atoms. The Kier molecular flexibility index (Phi) is 3.01. The second-order valence-corrected chi connectivity index (χ2v) is 4.99. The molecule has 1 aliphatic rings. The molecule has 0 spiro atoms. The average molecular weight is 273 g/mol. The van der Waals surface area contributed by atoms with E-state index in [0.29, 0.717) is 0 Å². The van der Waals surface area contributed by atoms with Crippen LogP contribution in [0, 0.1) is 11.6 Å². The molecule has 0 N–H and O–H groups in total. The molecular weight excluding hydrogens is 260 g/mol. The molecule has 0 fully saturated rings. The number of para-hydroxylation sites is 1. The maximum Gasteiger partial charge on any atom is 0.258 e. The van der Waals surface area contributed by atoms with Crippen LogP contribution >= 0.6 is 0 Å². The molecule has 0 saturated heterocycles. The number of hydrogen-bond donors (Lipinski definition) is 0.